The molecule has 1 aliphatic heterocycles. The van der Waals surface area contributed by atoms with E-state index < -0.39 is 27.3 Å². The van der Waals surface area contributed by atoms with Crippen molar-refractivity contribution in [1.29, 1.82) is 0 Å². The first-order valence-electron chi connectivity index (χ1n) is 5.07. The van der Waals surface area contributed by atoms with Gasteiger partial charge >= 0.3 is 0 Å². The molecule has 1 aromatic rings. The molecule has 7 heteroatoms. The molecule has 0 N–H and O–H groups in total. The Morgan fingerprint density at radius 2 is 1.76 bits per heavy atom. The molecule has 0 radical (unpaired) electrons. The Morgan fingerprint density at radius 1 is 1.18 bits per heavy atom. The number of hydrogen-bond donors (Lipinski definition) is 0. The van der Waals surface area contributed by atoms with Crippen LogP contribution in [0.4, 0.5) is 14.5 Å². The van der Waals surface area contributed by atoms with E-state index in [-0.39, 0.29) is 16.8 Å². The van der Waals surface area contributed by atoms with Gasteiger partial charge in [-0.3, -0.25) is 4.31 Å². The van der Waals surface area contributed by atoms with E-state index in [0.29, 0.717) is 12.8 Å². The molecule has 0 amide bonds. The number of anilines is 1. The van der Waals surface area contributed by atoms with Gasteiger partial charge in [0.1, 0.15) is 5.69 Å². The highest BCUT2D eigenvalue weighted by atomic mass is 79.9. The standard InChI is InChI=1S/C10H10BrF2NO2S/c11-7-5-8(12)10(9(13)6-7)14-3-1-2-4-17(14,15)16/h5-6H,1-4H2. The summed E-state index contributed by atoms with van der Waals surface area (Å²) in [6.07, 6.45) is 1.13. The molecule has 0 bridgehead atoms. The Bertz CT molecular complexity index is 524. The molecule has 0 unspecified atom stereocenters. The SMILES string of the molecule is O=S1(=O)CCCCN1c1c(F)cc(Br)cc1F. The van der Waals surface area contributed by atoms with Crippen LogP contribution in [0.15, 0.2) is 16.6 Å². The average Bonchev–Trinajstić information content (AvgIpc) is 2.18. The molecule has 1 aliphatic rings. The summed E-state index contributed by atoms with van der Waals surface area (Å²) in [5, 5.41) is 0. The van der Waals surface area contributed by atoms with Gasteiger partial charge in [0.2, 0.25) is 10.0 Å². The first kappa shape index (κ1) is 12.8. The molecule has 94 valence electrons. The number of rotatable bonds is 1. The van der Waals surface area contributed by atoms with Crippen LogP contribution in [0.25, 0.3) is 0 Å². The molecule has 3 nitrogen and oxygen atoms in total. The Labute approximate surface area is 107 Å². The zero-order valence-electron chi connectivity index (χ0n) is 8.79. The fourth-order valence-corrected chi connectivity index (χ4v) is 3.86. The van der Waals surface area contributed by atoms with Gasteiger partial charge in [-0.25, -0.2) is 17.2 Å². The first-order chi connectivity index (χ1) is 7.92. The minimum absolute atomic E-state index is 0.0675. The van der Waals surface area contributed by atoms with E-state index in [1.807, 2.05) is 0 Å². The number of sulfonamides is 1. The molecule has 0 spiro atoms. The van der Waals surface area contributed by atoms with Gasteiger partial charge in [-0.2, -0.15) is 0 Å². The average molecular weight is 326 g/mol. The van der Waals surface area contributed by atoms with Gasteiger partial charge in [0.05, 0.1) is 5.75 Å². The third-order valence-electron chi connectivity index (χ3n) is 2.58. The largest absolute Gasteiger partial charge is 0.264 e. The number of benzene rings is 1. The number of nitrogens with zero attached hydrogens (tertiary/aromatic N) is 1. The van der Waals surface area contributed by atoms with Crippen LogP contribution in [0.2, 0.25) is 0 Å². The maximum Gasteiger partial charge on any atom is 0.235 e. The second-order valence-electron chi connectivity index (χ2n) is 3.81. The summed E-state index contributed by atoms with van der Waals surface area (Å²) in [5.74, 6) is -1.81. The normalized spacial score (nSPS) is 19.4. The minimum Gasteiger partial charge on any atom is -0.264 e. The van der Waals surface area contributed by atoms with Gasteiger partial charge in [0.25, 0.3) is 0 Å². The van der Waals surface area contributed by atoms with Crippen LogP contribution in [0.1, 0.15) is 12.8 Å². The van der Waals surface area contributed by atoms with E-state index in [4.69, 9.17) is 0 Å². The lowest BCUT2D eigenvalue weighted by Gasteiger charge is -2.28. The van der Waals surface area contributed by atoms with Crippen molar-refractivity contribution in [3.05, 3.63) is 28.2 Å². The van der Waals surface area contributed by atoms with Crippen LogP contribution in [0.5, 0.6) is 0 Å². The number of halogens is 3. The van der Waals surface area contributed by atoms with E-state index in [9.17, 15) is 17.2 Å². The summed E-state index contributed by atoms with van der Waals surface area (Å²) >= 11 is 2.95. The van der Waals surface area contributed by atoms with Gasteiger partial charge in [-0.1, -0.05) is 15.9 Å². The molecule has 0 aromatic heterocycles. The minimum atomic E-state index is -3.60. The van der Waals surface area contributed by atoms with Gasteiger partial charge < -0.3 is 0 Å². The zero-order valence-corrected chi connectivity index (χ0v) is 11.2. The molecule has 1 heterocycles. The molecule has 0 atom stereocenters. The first-order valence-corrected chi connectivity index (χ1v) is 7.47. The molecule has 1 saturated heterocycles. The molecule has 0 saturated carbocycles. The Morgan fingerprint density at radius 3 is 2.29 bits per heavy atom. The van der Waals surface area contributed by atoms with Crippen molar-refractivity contribution in [2.45, 2.75) is 12.8 Å². The van der Waals surface area contributed by atoms with E-state index in [1.165, 1.54) is 0 Å². The van der Waals surface area contributed by atoms with Crippen LogP contribution in [-0.2, 0) is 10.0 Å². The summed E-state index contributed by atoms with van der Waals surface area (Å²) in [6, 6.07) is 2.12. The van der Waals surface area contributed by atoms with Crippen LogP contribution in [-0.4, -0.2) is 20.7 Å². The van der Waals surface area contributed by atoms with Crippen molar-refractivity contribution in [1.82, 2.24) is 0 Å². The van der Waals surface area contributed by atoms with Gasteiger partial charge in [-0.15, -0.1) is 0 Å². The van der Waals surface area contributed by atoms with Crippen LogP contribution < -0.4 is 4.31 Å². The van der Waals surface area contributed by atoms with Gasteiger partial charge in [0.15, 0.2) is 11.6 Å². The predicted octanol–water partition coefficient (Wildman–Crippen LogP) is 2.66. The van der Waals surface area contributed by atoms with Crippen molar-refractivity contribution in [2.75, 3.05) is 16.6 Å². The van der Waals surface area contributed by atoms with E-state index >= 15 is 0 Å². The monoisotopic (exact) mass is 325 g/mol. The van der Waals surface area contributed by atoms with Gasteiger partial charge in [-0.05, 0) is 25.0 Å². The molecule has 1 aromatic carbocycles. The summed E-state index contributed by atoms with van der Waals surface area (Å²) in [5.41, 5.74) is -0.479. The van der Waals surface area contributed by atoms with Crippen molar-refractivity contribution >= 4 is 31.6 Å². The lowest BCUT2D eigenvalue weighted by Crippen LogP contribution is -2.39. The summed E-state index contributed by atoms with van der Waals surface area (Å²) in [7, 11) is -3.60. The van der Waals surface area contributed by atoms with Gasteiger partial charge in [0, 0.05) is 11.0 Å². The zero-order chi connectivity index (χ0) is 12.6. The Kier molecular flexibility index (Phi) is 3.40. The Balaban J connectivity index is 2.53. The fourth-order valence-electron chi connectivity index (χ4n) is 1.81. The Hall–Kier alpha value is -0.690. The molecular formula is C10H10BrF2NO2S. The van der Waals surface area contributed by atoms with Crippen LogP contribution in [0, 0.1) is 11.6 Å². The smallest absolute Gasteiger partial charge is 0.235 e. The van der Waals surface area contributed by atoms with Crippen LogP contribution >= 0.6 is 15.9 Å². The van der Waals surface area contributed by atoms with E-state index in [1.54, 1.807) is 0 Å². The third-order valence-corrected chi connectivity index (χ3v) is 4.88. The van der Waals surface area contributed by atoms with Crippen molar-refractivity contribution < 1.29 is 17.2 Å². The van der Waals surface area contributed by atoms with E-state index in [2.05, 4.69) is 15.9 Å². The van der Waals surface area contributed by atoms with Crippen molar-refractivity contribution in [2.24, 2.45) is 0 Å². The highest BCUT2D eigenvalue weighted by Crippen LogP contribution is 2.31. The molecule has 1 fully saturated rings. The molecule has 17 heavy (non-hydrogen) atoms. The van der Waals surface area contributed by atoms with Crippen molar-refractivity contribution in [3.8, 4) is 0 Å². The molecular weight excluding hydrogens is 316 g/mol. The third kappa shape index (κ3) is 2.44. The molecule has 2 rings (SSSR count). The highest BCUT2D eigenvalue weighted by Gasteiger charge is 2.30. The van der Waals surface area contributed by atoms with E-state index in [0.717, 1.165) is 16.4 Å². The summed E-state index contributed by atoms with van der Waals surface area (Å²) in [4.78, 5) is 0. The fraction of sp³-hybridized carbons (Fsp3) is 0.400. The predicted molar refractivity (Wildman–Crippen MR) is 64.4 cm³/mol. The maximum absolute atomic E-state index is 13.7. The highest BCUT2D eigenvalue weighted by molar-refractivity contribution is 9.10. The maximum atomic E-state index is 13.7. The summed E-state index contributed by atoms with van der Waals surface area (Å²) in [6.45, 7) is 0.123. The number of hydrogen-bond acceptors (Lipinski definition) is 2. The molecule has 0 aliphatic carbocycles. The quantitative estimate of drug-likeness (QED) is 0.796. The topological polar surface area (TPSA) is 37.4 Å². The second-order valence-corrected chi connectivity index (χ2v) is 6.74. The van der Waals surface area contributed by atoms with Crippen LogP contribution in [0.3, 0.4) is 0 Å². The second kappa shape index (κ2) is 4.53. The lowest BCUT2D eigenvalue weighted by atomic mass is 10.2. The lowest BCUT2D eigenvalue weighted by molar-refractivity contribution is 0.552. The summed E-state index contributed by atoms with van der Waals surface area (Å²) < 4.78 is 51.9. The van der Waals surface area contributed by atoms with Crippen molar-refractivity contribution in [3.63, 3.8) is 0 Å².